The summed E-state index contributed by atoms with van der Waals surface area (Å²) < 4.78 is 13.7. The summed E-state index contributed by atoms with van der Waals surface area (Å²) in [5.74, 6) is 0. The van der Waals surface area contributed by atoms with Crippen LogP contribution < -0.4 is 10.0 Å². The summed E-state index contributed by atoms with van der Waals surface area (Å²) in [6.07, 6.45) is 2.65. The Morgan fingerprint density at radius 3 is 2.45 bits per heavy atom. The third-order valence-electron chi connectivity index (χ3n) is 1.09. The molecule has 5 heteroatoms. The zero-order valence-corrected chi connectivity index (χ0v) is 8.69. The highest BCUT2D eigenvalue weighted by molar-refractivity contribution is 8.31. The van der Waals surface area contributed by atoms with Crippen molar-refractivity contribution in [3.8, 4) is 0 Å². The van der Waals surface area contributed by atoms with Crippen molar-refractivity contribution < 1.29 is 4.21 Å². The molecule has 0 spiro atoms. The Balaban J connectivity index is 3.16. The van der Waals surface area contributed by atoms with Gasteiger partial charge in [0.05, 0.1) is 8.68 Å². The van der Waals surface area contributed by atoms with Crippen molar-refractivity contribution in [2.24, 2.45) is 0 Å². The van der Waals surface area contributed by atoms with Crippen LogP contribution in [-0.2, 0) is 19.9 Å². The van der Waals surface area contributed by atoms with Crippen molar-refractivity contribution >= 4 is 19.9 Å². The lowest BCUT2D eigenvalue weighted by Gasteiger charge is -2.04. The van der Waals surface area contributed by atoms with Crippen molar-refractivity contribution in [3.05, 3.63) is 0 Å². The minimum Gasteiger partial charge on any atom is -0.315 e. The molecule has 68 valence electrons. The second-order valence-electron chi connectivity index (χ2n) is 2.42. The van der Waals surface area contributed by atoms with E-state index in [1.807, 2.05) is 0 Å². The van der Waals surface area contributed by atoms with Crippen LogP contribution in [0.25, 0.3) is 0 Å². The average molecular weight is 196 g/mol. The minimum atomic E-state index is -2.17. The number of hydrogen-bond acceptors (Lipinski definition) is 3. The molecular weight excluding hydrogens is 180 g/mol. The zero-order chi connectivity index (χ0) is 8.74. The Bertz CT molecular complexity index is 177. The van der Waals surface area contributed by atoms with Crippen molar-refractivity contribution in [3.63, 3.8) is 0 Å². The van der Waals surface area contributed by atoms with Gasteiger partial charge in [0.2, 0.25) is 0 Å². The fraction of sp³-hybridized carbons (Fsp3) is 1.00. The smallest absolute Gasteiger partial charge is 0.0868 e. The van der Waals surface area contributed by atoms with E-state index in [9.17, 15) is 4.21 Å². The molecule has 11 heavy (non-hydrogen) atoms. The van der Waals surface area contributed by atoms with Crippen LogP contribution in [0.15, 0.2) is 0 Å². The summed E-state index contributed by atoms with van der Waals surface area (Å²) in [6.45, 7) is 4.62. The Morgan fingerprint density at radius 1 is 1.36 bits per heavy atom. The van der Waals surface area contributed by atoms with Gasteiger partial charge in [0.15, 0.2) is 0 Å². The third-order valence-corrected chi connectivity index (χ3v) is 2.17. The predicted octanol–water partition coefficient (Wildman–Crippen LogP) is -0.133. The van der Waals surface area contributed by atoms with Crippen molar-refractivity contribution in [2.75, 3.05) is 25.9 Å². The first-order valence-corrected chi connectivity index (χ1v) is 6.60. The van der Waals surface area contributed by atoms with E-state index in [2.05, 4.69) is 28.2 Å². The highest BCUT2D eigenvalue weighted by Crippen LogP contribution is 1.73. The van der Waals surface area contributed by atoms with Crippen LogP contribution >= 0.6 is 0 Å². The third kappa shape index (κ3) is 10.3. The first-order chi connectivity index (χ1) is 5.06. The monoisotopic (exact) mass is 196 g/mol. The number of nitrogens with one attached hydrogen (secondary N) is 2. The molecule has 0 aliphatic rings. The van der Waals surface area contributed by atoms with E-state index >= 15 is 0 Å². The standard InChI is InChI=1S/C6H16N2OS2/c1-3-4-7-5-6-8-11(2,9)10/h7-8H,3-6H2,1-2H3. The molecule has 1 atom stereocenters. The maximum absolute atomic E-state index is 10.9. The molecule has 0 aliphatic heterocycles. The lowest BCUT2D eigenvalue weighted by Crippen LogP contribution is -2.30. The molecule has 0 radical (unpaired) electrons. The van der Waals surface area contributed by atoms with Gasteiger partial charge in [-0.1, -0.05) is 6.92 Å². The van der Waals surface area contributed by atoms with Crippen molar-refractivity contribution in [1.82, 2.24) is 10.0 Å². The molecule has 0 saturated heterocycles. The fourth-order valence-electron chi connectivity index (χ4n) is 0.627. The normalized spacial score (nSPS) is 16.2. The van der Waals surface area contributed by atoms with Gasteiger partial charge >= 0.3 is 0 Å². The summed E-state index contributed by atoms with van der Waals surface area (Å²) in [6, 6.07) is 0. The van der Waals surface area contributed by atoms with Gasteiger partial charge in [0.1, 0.15) is 0 Å². The molecule has 0 bridgehead atoms. The molecule has 0 fully saturated rings. The molecule has 0 amide bonds. The Labute approximate surface area is 73.8 Å². The topological polar surface area (TPSA) is 41.1 Å². The maximum atomic E-state index is 10.9. The van der Waals surface area contributed by atoms with Crippen molar-refractivity contribution in [2.45, 2.75) is 13.3 Å². The molecule has 2 N–H and O–H groups in total. The van der Waals surface area contributed by atoms with Gasteiger partial charge in [-0.15, -0.1) is 0 Å². The summed E-state index contributed by atoms with van der Waals surface area (Å²) in [5.41, 5.74) is 0. The van der Waals surface area contributed by atoms with E-state index in [0.29, 0.717) is 6.54 Å². The van der Waals surface area contributed by atoms with E-state index in [-0.39, 0.29) is 0 Å². The highest BCUT2D eigenvalue weighted by atomic mass is 32.8. The Morgan fingerprint density at radius 2 is 2.00 bits per heavy atom. The van der Waals surface area contributed by atoms with Gasteiger partial charge in [-0.05, 0) is 24.2 Å². The average Bonchev–Trinajstić information content (AvgIpc) is 1.85. The first-order valence-electron chi connectivity index (χ1n) is 3.71. The fourth-order valence-corrected chi connectivity index (χ4v) is 1.35. The Kier molecular flexibility index (Phi) is 6.03. The van der Waals surface area contributed by atoms with Gasteiger partial charge in [-0.2, -0.15) is 0 Å². The first kappa shape index (κ1) is 11.3. The van der Waals surface area contributed by atoms with E-state index in [1.54, 1.807) is 0 Å². The van der Waals surface area contributed by atoms with E-state index in [4.69, 9.17) is 0 Å². The van der Waals surface area contributed by atoms with Crippen LogP contribution in [-0.4, -0.2) is 30.1 Å². The summed E-state index contributed by atoms with van der Waals surface area (Å²) >= 11 is 4.65. The number of hydrogen-bond donors (Lipinski definition) is 2. The molecular formula is C6H16N2OS2. The molecule has 0 aromatic rings. The lowest BCUT2D eigenvalue weighted by atomic mass is 10.5. The van der Waals surface area contributed by atoms with Gasteiger partial charge in [-0.3, -0.25) is 0 Å². The molecule has 0 aromatic carbocycles. The van der Waals surface area contributed by atoms with Gasteiger partial charge in [0, 0.05) is 19.3 Å². The second kappa shape index (κ2) is 5.88. The largest absolute Gasteiger partial charge is 0.315 e. The molecule has 0 saturated carbocycles. The molecule has 1 unspecified atom stereocenters. The lowest BCUT2D eigenvalue weighted by molar-refractivity contribution is 0.647. The van der Waals surface area contributed by atoms with Gasteiger partial charge < -0.3 is 5.32 Å². The van der Waals surface area contributed by atoms with Crippen LogP contribution in [0, 0.1) is 0 Å². The zero-order valence-electron chi connectivity index (χ0n) is 7.05. The van der Waals surface area contributed by atoms with Crippen LogP contribution in [0.2, 0.25) is 0 Å². The van der Waals surface area contributed by atoms with Gasteiger partial charge in [-0.25, -0.2) is 8.93 Å². The van der Waals surface area contributed by atoms with Crippen molar-refractivity contribution in [1.29, 1.82) is 0 Å². The number of rotatable bonds is 6. The SMILES string of the molecule is CCCNCCNS(C)(=O)=S. The second-order valence-corrected chi connectivity index (χ2v) is 6.16. The van der Waals surface area contributed by atoms with Crippen LogP contribution in [0.4, 0.5) is 0 Å². The van der Waals surface area contributed by atoms with E-state index < -0.39 is 8.68 Å². The molecule has 0 aromatic heterocycles. The van der Waals surface area contributed by atoms with E-state index in [1.165, 1.54) is 6.26 Å². The molecule has 3 nitrogen and oxygen atoms in total. The quantitative estimate of drug-likeness (QED) is 0.581. The summed E-state index contributed by atoms with van der Waals surface area (Å²) in [7, 11) is -2.17. The molecule has 0 heterocycles. The predicted molar refractivity (Wildman–Crippen MR) is 52.6 cm³/mol. The highest BCUT2D eigenvalue weighted by Gasteiger charge is 1.93. The maximum Gasteiger partial charge on any atom is 0.0868 e. The summed E-state index contributed by atoms with van der Waals surface area (Å²) in [4.78, 5) is 0. The molecule has 0 rings (SSSR count). The molecule has 0 aliphatic carbocycles. The summed E-state index contributed by atoms with van der Waals surface area (Å²) in [5, 5.41) is 3.17. The van der Waals surface area contributed by atoms with Crippen LogP contribution in [0.5, 0.6) is 0 Å². The Hall–Kier alpha value is 0.290. The van der Waals surface area contributed by atoms with Gasteiger partial charge in [0.25, 0.3) is 0 Å². The van der Waals surface area contributed by atoms with Crippen LogP contribution in [0.3, 0.4) is 0 Å². The van der Waals surface area contributed by atoms with E-state index in [0.717, 1.165) is 19.5 Å². The minimum absolute atomic E-state index is 0.679. The van der Waals surface area contributed by atoms with Crippen LogP contribution in [0.1, 0.15) is 13.3 Å².